The van der Waals surface area contributed by atoms with Crippen LogP contribution in [0.2, 0.25) is 0 Å². The number of β-amino-alcohol motifs (C(OH)–C–C–N with tert-alkyl or cyclic N) is 1. The van der Waals surface area contributed by atoms with Gasteiger partial charge in [-0.25, -0.2) is 0 Å². The van der Waals surface area contributed by atoms with Crippen LogP contribution < -0.4 is 5.73 Å². The molecule has 210 valence electrons. The largest absolute Gasteiger partial charge is 0.396 e. The maximum absolute atomic E-state index is 9.70. The van der Waals surface area contributed by atoms with E-state index in [1.807, 2.05) is 0 Å². The van der Waals surface area contributed by atoms with Crippen molar-refractivity contribution in [3.05, 3.63) is 0 Å². The van der Waals surface area contributed by atoms with Gasteiger partial charge in [0.1, 0.15) is 0 Å². The van der Waals surface area contributed by atoms with Gasteiger partial charge in [-0.1, -0.05) is 103 Å². The Morgan fingerprint density at radius 2 is 0.941 bits per heavy atom. The SMILES string of the molecule is CCCCCCCCCCCCCCCCCC(CCO)(CCO)N(CCO)CCCN.F.F. The lowest BCUT2D eigenvalue weighted by atomic mass is 9.83. The van der Waals surface area contributed by atoms with Gasteiger partial charge in [0.05, 0.1) is 6.61 Å². The predicted molar refractivity (Wildman–Crippen MR) is 143 cm³/mol. The Labute approximate surface area is 209 Å². The van der Waals surface area contributed by atoms with E-state index in [2.05, 4.69) is 11.8 Å². The summed E-state index contributed by atoms with van der Waals surface area (Å²) in [5, 5.41) is 28.9. The van der Waals surface area contributed by atoms with E-state index in [9.17, 15) is 15.3 Å². The van der Waals surface area contributed by atoms with Gasteiger partial charge in [-0.3, -0.25) is 14.3 Å². The van der Waals surface area contributed by atoms with Crippen LogP contribution in [0.1, 0.15) is 129 Å². The first-order valence-corrected chi connectivity index (χ1v) is 14.0. The number of aliphatic hydroxyl groups excluding tert-OH is 3. The summed E-state index contributed by atoms with van der Waals surface area (Å²) in [6.45, 7) is 4.62. The number of unbranched alkanes of at least 4 members (excludes halogenated alkanes) is 14. The zero-order valence-corrected chi connectivity index (χ0v) is 22.4. The van der Waals surface area contributed by atoms with Gasteiger partial charge in [0.2, 0.25) is 0 Å². The number of halogens is 2. The van der Waals surface area contributed by atoms with Crippen molar-refractivity contribution >= 4 is 0 Å². The standard InChI is InChI=1S/C27H58N2O3.2FH/c1-2-3-4-5-6-7-8-9-10-11-12-13-14-15-16-18-27(19-24-30,20-25-31)29(23-26-32)22-17-21-28;;/h30-32H,2-26,28H2,1H3;2*1H. The summed E-state index contributed by atoms with van der Waals surface area (Å²) in [4.78, 5) is 2.27. The number of rotatable bonds is 26. The lowest BCUT2D eigenvalue weighted by molar-refractivity contribution is 0.0162. The minimum atomic E-state index is -0.224. The molecule has 0 aromatic carbocycles. The fourth-order valence-corrected chi connectivity index (χ4v) is 5.08. The lowest BCUT2D eigenvalue weighted by Crippen LogP contribution is -2.52. The molecule has 0 spiro atoms. The Morgan fingerprint density at radius 1 is 0.529 bits per heavy atom. The normalized spacial score (nSPS) is 11.5. The van der Waals surface area contributed by atoms with Crippen LogP contribution in [0, 0.1) is 0 Å². The van der Waals surface area contributed by atoms with Crippen LogP contribution in [-0.2, 0) is 0 Å². The summed E-state index contributed by atoms with van der Waals surface area (Å²) >= 11 is 0. The molecule has 0 fully saturated rings. The van der Waals surface area contributed by atoms with Crippen molar-refractivity contribution in [3.8, 4) is 0 Å². The molecule has 5 nitrogen and oxygen atoms in total. The quantitative estimate of drug-likeness (QED) is 0.115. The third-order valence-electron chi connectivity index (χ3n) is 7.07. The Kier molecular flexibility index (Phi) is 32.5. The molecule has 0 radical (unpaired) electrons. The molecular weight excluding hydrogens is 438 g/mol. The van der Waals surface area contributed by atoms with Crippen molar-refractivity contribution in [3.63, 3.8) is 0 Å². The molecule has 7 heteroatoms. The molecule has 0 saturated carbocycles. The highest BCUT2D eigenvalue weighted by molar-refractivity contribution is 4.90. The number of hydrogen-bond donors (Lipinski definition) is 4. The van der Waals surface area contributed by atoms with Crippen LogP contribution >= 0.6 is 0 Å². The summed E-state index contributed by atoms with van der Waals surface area (Å²) < 4.78 is 0. The van der Waals surface area contributed by atoms with E-state index in [0.29, 0.717) is 25.9 Å². The van der Waals surface area contributed by atoms with E-state index >= 15 is 0 Å². The maximum Gasteiger partial charge on any atom is 0.0558 e. The molecule has 34 heavy (non-hydrogen) atoms. The number of hydrogen-bond acceptors (Lipinski definition) is 5. The van der Waals surface area contributed by atoms with Crippen LogP contribution in [0.15, 0.2) is 0 Å². The third kappa shape index (κ3) is 19.9. The van der Waals surface area contributed by atoms with Gasteiger partial charge in [-0.05, 0) is 38.8 Å². The molecule has 0 heterocycles. The zero-order valence-electron chi connectivity index (χ0n) is 22.4. The molecule has 0 atom stereocenters. The van der Waals surface area contributed by atoms with Crippen LogP contribution in [0.4, 0.5) is 9.41 Å². The molecular formula is C27H60F2N2O3. The van der Waals surface area contributed by atoms with Gasteiger partial charge in [0, 0.05) is 25.3 Å². The fraction of sp³-hybridized carbons (Fsp3) is 1.00. The smallest absolute Gasteiger partial charge is 0.0558 e. The second kappa shape index (κ2) is 28.9. The molecule has 0 rings (SSSR count). The summed E-state index contributed by atoms with van der Waals surface area (Å²) in [6.07, 6.45) is 23.4. The fourth-order valence-electron chi connectivity index (χ4n) is 5.08. The van der Waals surface area contributed by atoms with E-state index in [-0.39, 0.29) is 34.8 Å². The third-order valence-corrected chi connectivity index (χ3v) is 7.07. The number of nitrogens with two attached hydrogens (primary N) is 1. The average molecular weight is 499 g/mol. The summed E-state index contributed by atoms with van der Waals surface area (Å²) in [5.41, 5.74) is 5.49. The van der Waals surface area contributed by atoms with Crippen molar-refractivity contribution < 1.29 is 24.7 Å². The van der Waals surface area contributed by atoms with Gasteiger partial charge in [-0.15, -0.1) is 0 Å². The van der Waals surface area contributed by atoms with Crippen LogP contribution in [0.25, 0.3) is 0 Å². The van der Waals surface area contributed by atoms with E-state index < -0.39 is 0 Å². The minimum absolute atomic E-state index is 0. The minimum Gasteiger partial charge on any atom is -0.396 e. The summed E-state index contributed by atoms with van der Waals surface area (Å²) in [5.74, 6) is 0. The molecule has 5 N–H and O–H groups in total. The highest BCUT2D eigenvalue weighted by Gasteiger charge is 2.34. The van der Waals surface area contributed by atoms with Crippen molar-refractivity contribution in [2.45, 2.75) is 134 Å². The molecule has 0 amide bonds. The Morgan fingerprint density at radius 3 is 1.29 bits per heavy atom. The zero-order chi connectivity index (χ0) is 23.8. The van der Waals surface area contributed by atoms with E-state index in [4.69, 9.17) is 5.73 Å². The second-order valence-electron chi connectivity index (χ2n) is 9.72. The van der Waals surface area contributed by atoms with Gasteiger partial charge >= 0.3 is 0 Å². The molecule has 0 aromatic heterocycles. The van der Waals surface area contributed by atoms with Gasteiger partial charge in [-0.2, -0.15) is 0 Å². The number of aliphatic hydroxyl groups is 3. The Bertz CT molecular complexity index is 374. The summed E-state index contributed by atoms with van der Waals surface area (Å²) in [6, 6.07) is 0. The molecule has 0 bridgehead atoms. The molecule has 0 aliphatic carbocycles. The first-order chi connectivity index (χ1) is 15.7. The predicted octanol–water partition coefficient (Wildman–Crippen LogP) is 5.70. The first kappa shape index (κ1) is 38.2. The molecule has 0 aliphatic heterocycles. The van der Waals surface area contributed by atoms with E-state index in [1.165, 1.54) is 89.9 Å². The van der Waals surface area contributed by atoms with E-state index in [0.717, 1.165) is 25.8 Å². The number of nitrogens with zero attached hydrogens (tertiary/aromatic N) is 1. The monoisotopic (exact) mass is 498 g/mol. The molecule has 0 aliphatic rings. The van der Waals surface area contributed by atoms with Crippen molar-refractivity contribution in [1.82, 2.24) is 4.90 Å². The summed E-state index contributed by atoms with van der Waals surface area (Å²) in [7, 11) is 0. The topological polar surface area (TPSA) is 90.0 Å². The second-order valence-corrected chi connectivity index (χ2v) is 9.72. The first-order valence-electron chi connectivity index (χ1n) is 14.0. The molecule has 0 unspecified atom stereocenters. The van der Waals surface area contributed by atoms with E-state index in [1.54, 1.807) is 0 Å². The Balaban J connectivity index is -0.00000480. The van der Waals surface area contributed by atoms with Gasteiger partial charge in [0.15, 0.2) is 0 Å². The molecule has 0 aromatic rings. The average Bonchev–Trinajstić information content (AvgIpc) is 2.79. The van der Waals surface area contributed by atoms with Gasteiger partial charge in [0.25, 0.3) is 0 Å². The van der Waals surface area contributed by atoms with Crippen LogP contribution in [-0.4, -0.2) is 65.2 Å². The highest BCUT2D eigenvalue weighted by atomic mass is 19.0. The van der Waals surface area contributed by atoms with Gasteiger partial charge < -0.3 is 21.1 Å². The van der Waals surface area contributed by atoms with Crippen molar-refractivity contribution in [1.29, 1.82) is 0 Å². The highest BCUT2D eigenvalue weighted by Crippen LogP contribution is 2.31. The maximum atomic E-state index is 9.70. The molecule has 0 saturated heterocycles. The van der Waals surface area contributed by atoms with Crippen LogP contribution in [0.3, 0.4) is 0 Å². The van der Waals surface area contributed by atoms with Crippen molar-refractivity contribution in [2.24, 2.45) is 5.73 Å². The Hall–Kier alpha value is -0.340. The van der Waals surface area contributed by atoms with Crippen LogP contribution in [0.5, 0.6) is 0 Å². The van der Waals surface area contributed by atoms with Crippen molar-refractivity contribution in [2.75, 3.05) is 39.5 Å². The lowest BCUT2D eigenvalue weighted by Gasteiger charge is -2.44.